The van der Waals surface area contributed by atoms with Crippen molar-refractivity contribution in [1.82, 2.24) is 4.90 Å². The van der Waals surface area contributed by atoms with Crippen LogP contribution in [0.4, 0.5) is 0 Å². The summed E-state index contributed by atoms with van der Waals surface area (Å²) in [5, 5.41) is 0. The second-order valence-electron chi connectivity index (χ2n) is 5.98. The molecule has 0 aromatic heterocycles. The SMILES string of the molecule is CN1CCCC(CCC(=O)C(C)(C)C)C1. The van der Waals surface area contributed by atoms with E-state index in [1.165, 1.54) is 25.9 Å². The average molecular weight is 211 g/mol. The zero-order valence-corrected chi connectivity index (χ0v) is 10.7. The Bertz CT molecular complexity index is 217. The van der Waals surface area contributed by atoms with Gasteiger partial charge in [0.1, 0.15) is 5.78 Å². The van der Waals surface area contributed by atoms with E-state index in [0.717, 1.165) is 18.8 Å². The molecule has 1 aliphatic heterocycles. The Morgan fingerprint density at radius 1 is 1.40 bits per heavy atom. The van der Waals surface area contributed by atoms with Crippen LogP contribution >= 0.6 is 0 Å². The molecular weight excluding hydrogens is 186 g/mol. The summed E-state index contributed by atoms with van der Waals surface area (Å²) in [6.07, 6.45) is 4.45. The Kier molecular flexibility index (Phi) is 4.32. The number of carbonyl (C=O) groups excluding carboxylic acids is 1. The summed E-state index contributed by atoms with van der Waals surface area (Å²) in [6.45, 7) is 8.45. The van der Waals surface area contributed by atoms with E-state index < -0.39 is 0 Å². The number of nitrogens with zero attached hydrogens (tertiary/aromatic N) is 1. The minimum absolute atomic E-state index is 0.152. The molecule has 15 heavy (non-hydrogen) atoms. The lowest BCUT2D eigenvalue weighted by Crippen LogP contribution is -2.32. The fourth-order valence-corrected chi connectivity index (χ4v) is 2.22. The molecule has 0 amide bonds. The van der Waals surface area contributed by atoms with Crippen LogP contribution in [0.2, 0.25) is 0 Å². The van der Waals surface area contributed by atoms with Crippen molar-refractivity contribution in [3.63, 3.8) is 0 Å². The van der Waals surface area contributed by atoms with Crippen molar-refractivity contribution < 1.29 is 4.79 Å². The molecule has 1 unspecified atom stereocenters. The molecule has 0 spiro atoms. The lowest BCUT2D eigenvalue weighted by Gasteiger charge is -2.30. The number of Topliss-reactive ketones (excluding diaryl/α,β-unsaturated/α-hetero) is 1. The van der Waals surface area contributed by atoms with Crippen LogP contribution in [0, 0.1) is 11.3 Å². The number of likely N-dealkylation sites (tertiary alicyclic amines) is 1. The van der Waals surface area contributed by atoms with Gasteiger partial charge < -0.3 is 4.90 Å². The van der Waals surface area contributed by atoms with E-state index >= 15 is 0 Å². The third kappa shape index (κ3) is 4.33. The van der Waals surface area contributed by atoms with Crippen LogP contribution < -0.4 is 0 Å². The molecule has 1 fully saturated rings. The van der Waals surface area contributed by atoms with Crippen LogP contribution in [-0.4, -0.2) is 30.8 Å². The van der Waals surface area contributed by atoms with E-state index in [0.29, 0.717) is 5.78 Å². The fourth-order valence-electron chi connectivity index (χ4n) is 2.22. The number of ketones is 1. The highest BCUT2D eigenvalue weighted by Crippen LogP contribution is 2.24. The highest BCUT2D eigenvalue weighted by atomic mass is 16.1. The smallest absolute Gasteiger partial charge is 0.138 e. The van der Waals surface area contributed by atoms with Crippen LogP contribution in [-0.2, 0) is 4.79 Å². The van der Waals surface area contributed by atoms with Crippen molar-refractivity contribution in [3.8, 4) is 0 Å². The van der Waals surface area contributed by atoms with Gasteiger partial charge in [0.05, 0.1) is 0 Å². The van der Waals surface area contributed by atoms with E-state index in [-0.39, 0.29) is 5.41 Å². The summed E-state index contributed by atoms with van der Waals surface area (Å²) in [6, 6.07) is 0. The first-order chi connectivity index (χ1) is 6.89. The Labute approximate surface area is 94.0 Å². The van der Waals surface area contributed by atoms with Crippen LogP contribution in [0.1, 0.15) is 46.5 Å². The third-order valence-electron chi connectivity index (χ3n) is 3.34. The molecule has 1 atom stereocenters. The van der Waals surface area contributed by atoms with Gasteiger partial charge in [-0.15, -0.1) is 0 Å². The largest absolute Gasteiger partial charge is 0.306 e. The van der Waals surface area contributed by atoms with Gasteiger partial charge in [-0.2, -0.15) is 0 Å². The summed E-state index contributed by atoms with van der Waals surface area (Å²) in [4.78, 5) is 14.2. The zero-order chi connectivity index (χ0) is 11.5. The topological polar surface area (TPSA) is 20.3 Å². The molecule has 1 heterocycles. The Hall–Kier alpha value is -0.370. The predicted molar refractivity (Wildman–Crippen MR) is 63.9 cm³/mol. The van der Waals surface area contributed by atoms with Gasteiger partial charge in [-0.25, -0.2) is 0 Å². The number of piperidine rings is 1. The molecule has 1 saturated heterocycles. The van der Waals surface area contributed by atoms with Crippen LogP contribution in [0.15, 0.2) is 0 Å². The van der Waals surface area contributed by atoms with Crippen molar-refractivity contribution >= 4 is 5.78 Å². The minimum Gasteiger partial charge on any atom is -0.306 e. The molecule has 0 bridgehead atoms. The summed E-state index contributed by atoms with van der Waals surface area (Å²) in [7, 11) is 2.18. The van der Waals surface area contributed by atoms with Crippen molar-refractivity contribution in [2.45, 2.75) is 46.5 Å². The summed E-state index contributed by atoms with van der Waals surface area (Å²) in [5.74, 6) is 1.16. The lowest BCUT2D eigenvalue weighted by molar-refractivity contribution is -0.126. The molecule has 1 rings (SSSR count). The summed E-state index contributed by atoms with van der Waals surface area (Å²) >= 11 is 0. The van der Waals surface area contributed by atoms with Gasteiger partial charge in [-0.05, 0) is 38.8 Å². The maximum Gasteiger partial charge on any atom is 0.138 e. The van der Waals surface area contributed by atoms with Crippen molar-refractivity contribution in [1.29, 1.82) is 0 Å². The van der Waals surface area contributed by atoms with E-state index in [9.17, 15) is 4.79 Å². The molecular formula is C13H25NO. The molecule has 0 aromatic carbocycles. The Morgan fingerprint density at radius 3 is 2.60 bits per heavy atom. The van der Waals surface area contributed by atoms with Gasteiger partial charge in [-0.1, -0.05) is 20.8 Å². The maximum atomic E-state index is 11.8. The van der Waals surface area contributed by atoms with E-state index in [4.69, 9.17) is 0 Å². The molecule has 0 saturated carbocycles. The molecule has 0 aromatic rings. The van der Waals surface area contributed by atoms with Gasteiger partial charge in [0, 0.05) is 18.4 Å². The van der Waals surface area contributed by atoms with Crippen molar-refractivity contribution in [2.75, 3.05) is 20.1 Å². The van der Waals surface area contributed by atoms with E-state index in [2.05, 4.69) is 11.9 Å². The second kappa shape index (κ2) is 5.11. The first kappa shape index (κ1) is 12.7. The summed E-state index contributed by atoms with van der Waals surface area (Å²) in [5.41, 5.74) is -0.152. The van der Waals surface area contributed by atoms with Gasteiger partial charge in [-0.3, -0.25) is 4.79 Å². The molecule has 88 valence electrons. The van der Waals surface area contributed by atoms with Gasteiger partial charge in [0.15, 0.2) is 0 Å². The number of rotatable bonds is 3. The average Bonchev–Trinajstić information content (AvgIpc) is 2.12. The number of carbonyl (C=O) groups is 1. The molecule has 1 aliphatic rings. The van der Waals surface area contributed by atoms with Gasteiger partial charge in [0.2, 0.25) is 0 Å². The molecule has 2 nitrogen and oxygen atoms in total. The predicted octanol–water partition coefficient (Wildman–Crippen LogP) is 2.72. The zero-order valence-electron chi connectivity index (χ0n) is 10.7. The van der Waals surface area contributed by atoms with Crippen molar-refractivity contribution in [2.24, 2.45) is 11.3 Å². The highest BCUT2D eigenvalue weighted by molar-refractivity contribution is 5.83. The van der Waals surface area contributed by atoms with E-state index in [1.54, 1.807) is 0 Å². The van der Waals surface area contributed by atoms with Crippen LogP contribution in [0.25, 0.3) is 0 Å². The fraction of sp³-hybridized carbons (Fsp3) is 0.923. The molecule has 0 N–H and O–H groups in total. The Morgan fingerprint density at radius 2 is 2.07 bits per heavy atom. The first-order valence-electron chi connectivity index (χ1n) is 6.11. The van der Waals surface area contributed by atoms with E-state index in [1.807, 2.05) is 20.8 Å². The second-order valence-corrected chi connectivity index (χ2v) is 5.98. The molecule has 2 heteroatoms. The Balaban J connectivity index is 2.28. The number of hydrogen-bond donors (Lipinski definition) is 0. The summed E-state index contributed by atoms with van der Waals surface area (Å²) < 4.78 is 0. The molecule has 0 aliphatic carbocycles. The normalized spacial score (nSPS) is 24.1. The monoisotopic (exact) mass is 211 g/mol. The minimum atomic E-state index is -0.152. The van der Waals surface area contributed by atoms with Gasteiger partial charge >= 0.3 is 0 Å². The first-order valence-corrected chi connectivity index (χ1v) is 6.11. The maximum absolute atomic E-state index is 11.8. The number of hydrogen-bond acceptors (Lipinski definition) is 2. The third-order valence-corrected chi connectivity index (χ3v) is 3.34. The van der Waals surface area contributed by atoms with Crippen LogP contribution in [0.5, 0.6) is 0 Å². The van der Waals surface area contributed by atoms with Gasteiger partial charge in [0.25, 0.3) is 0 Å². The lowest BCUT2D eigenvalue weighted by atomic mass is 9.85. The molecule has 0 radical (unpaired) electrons. The van der Waals surface area contributed by atoms with Crippen molar-refractivity contribution in [3.05, 3.63) is 0 Å². The van der Waals surface area contributed by atoms with Crippen LogP contribution in [0.3, 0.4) is 0 Å². The quantitative estimate of drug-likeness (QED) is 0.715. The highest BCUT2D eigenvalue weighted by Gasteiger charge is 2.23. The standard InChI is InChI=1S/C13H25NO/c1-13(2,3)12(15)8-7-11-6-5-9-14(4)10-11/h11H,5-10H2,1-4H3.